The van der Waals surface area contributed by atoms with E-state index in [9.17, 15) is 8.42 Å². The van der Waals surface area contributed by atoms with Gasteiger partial charge >= 0.3 is 0 Å². The Bertz CT molecular complexity index is 458. The summed E-state index contributed by atoms with van der Waals surface area (Å²) < 4.78 is 25.5. The lowest BCUT2D eigenvalue weighted by molar-refractivity contribution is 0.411. The van der Waals surface area contributed by atoms with Crippen LogP contribution in [0.2, 0.25) is 0 Å². The van der Waals surface area contributed by atoms with Crippen molar-refractivity contribution in [2.24, 2.45) is 5.41 Å². The Morgan fingerprint density at radius 2 is 1.88 bits per heavy atom. The second kappa shape index (κ2) is 4.55. The van der Waals surface area contributed by atoms with E-state index in [2.05, 4.69) is 25.5 Å². The van der Waals surface area contributed by atoms with Crippen LogP contribution in [0.3, 0.4) is 0 Å². The summed E-state index contributed by atoms with van der Waals surface area (Å²) in [6.07, 6.45) is 0.861. The van der Waals surface area contributed by atoms with Crippen molar-refractivity contribution in [1.29, 1.82) is 0 Å². The van der Waals surface area contributed by atoms with E-state index in [-0.39, 0.29) is 5.41 Å². The van der Waals surface area contributed by atoms with Gasteiger partial charge in [-0.3, -0.25) is 0 Å². The van der Waals surface area contributed by atoms with Gasteiger partial charge in [-0.05, 0) is 36.6 Å². The number of rotatable bonds is 3. The van der Waals surface area contributed by atoms with E-state index in [1.807, 2.05) is 6.07 Å². The third-order valence-corrected chi connectivity index (χ3v) is 3.62. The molecule has 0 spiro atoms. The maximum atomic E-state index is 11.6. The summed E-state index contributed by atoms with van der Waals surface area (Å²) in [6.45, 7) is 6.39. The summed E-state index contributed by atoms with van der Waals surface area (Å²) in [6, 6.07) is 7.08. The molecule has 1 rings (SSSR count). The average molecular weight is 241 g/mol. The Balaban J connectivity index is 3.06. The SMILES string of the molecule is CNS(=O)(=O)c1cccc(CC(C)(C)C)c1. The van der Waals surface area contributed by atoms with Gasteiger partial charge in [-0.2, -0.15) is 0 Å². The van der Waals surface area contributed by atoms with Gasteiger partial charge in [-0.25, -0.2) is 13.1 Å². The van der Waals surface area contributed by atoms with Gasteiger partial charge in [0, 0.05) is 0 Å². The molecule has 0 saturated carbocycles. The van der Waals surface area contributed by atoms with E-state index >= 15 is 0 Å². The predicted molar refractivity (Wildman–Crippen MR) is 65.8 cm³/mol. The molecule has 1 N–H and O–H groups in total. The molecule has 3 nitrogen and oxygen atoms in total. The molecular formula is C12H19NO2S. The molecule has 1 aromatic carbocycles. The largest absolute Gasteiger partial charge is 0.240 e. The normalized spacial score (nSPS) is 12.8. The summed E-state index contributed by atoms with van der Waals surface area (Å²) in [7, 11) is -1.90. The van der Waals surface area contributed by atoms with E-state index in [4.69, 9.17) is 0 Å². The first kappa shape index (κ1) is 13.2. The Kier molecular flexibility index (Phi) is 3.76. The number of nitrogens with one attached hydrogen (secondary N) is 1. The predicted octanol–water partition coefficient (Wildman–Crippen LogP) is 2.18. The first-order valence-electron chi connectivity index (χ1n) is 5.27. The molecule has 0 bridgehead atoms. The lowest BCUT2D eigenvalue weighted by Crippen LogP contribution is -2.19. The lowest BCUT2D eigenvalue weighted by atomic mass is 9.88. The summed E-state index contributed by atoms with van der Waals surface area (Å²) in [5.41, 5.74) is 1.20. The van der Waals surface area contributed by atoms with Gasteiger partial charge in [-0.1, -0.05) is 32.9 Å². The third-order valence-electron chi connectivity index (χ3n) is 2.21. The van der Waals surface area contributed by atoms with Crippen LogP contribution in [0.1, 0.15) is 26.3 Å². The highest BCUT2D eigenvalue weighted by Crippen LogP contribution is 2.22. The van der Waals surface area contributed by atoms with Crippen LogP contribution in [0, 0.1) is 5.41 Å². The number of hydrogen-bond donors (Lipinski definition) is 1. The van der Waals surface area contributed by atoms with Gasteiger partial charge in [0.05, 0.1) is 4.90 Å². The van der Waals surface area contributed by atoms with E-state index in [0.29, 0.717) is 4.90 Å². The Labute approximate surface area is 97.9 Å². The molecule has 0 saturated heterocycles. The third kappa shape index (κ3) is 3.61. The summed E-state index contributed by atoms with van der Waals surface area (Å²) in [5.74, 6) is 0. The Morgan fingerprint density at radius 1 is 1.25 bits per heavy atom. The number of sulfonamides is 1. The fourth-order valence-corrected chi connectivity index (χ4v) is 2.35. The highest BCUT2D eigenvalue weighted by Gasteiger charge is 2.15. The number of benzene rings is 1. The molecule has 0 aliphatic heterocycles. The molecule has 0 aliphatic carbocycles. The Morgan fingerprint density at radius 3 is 2.38 bits per heavy atom. The van der Waals surface area contributed by atoms with Crippen molar-refractivity contribution in [3.8, 4) is 0 Å². The van der Waals surface area contributed by atoms with Crippen molar-refractivity contribution in [2.45, 2.75) is 32.1 Å². The van der Waals surface area contributed by atoms with Crippen LogP contribution in [-0.2, 0) is 16.4 Å². The van der Waals surface area contributed by atoms with Crippen molar-refractivity contribution in [1.82, 2.24) is 4.72 Å². The maximum Gasteiger partial charge on any atom is 0.240 e. The monoisotopic (exact) mass is 241 g/mol. The van der Waals surface area contributed by atoms with Crippen molar-refractivity contribution < 1.29 is 8.42 Å². The first-order chi connectivity index (χ1) is 7.24. The average Bonchev–Trinajstić information content (AvgIpc) is 2.15. The van der Waals surface area contributed by atoms with Gasteiger partial charge in [-0.15, -0.1) is 0 Å². The van der Waals surface area contributed by atoms with Gasteiger partial charge < -0.3 is 0 Å². The zero-order valence-corrected chi connectivity index (χ0v) is 11.1. The standard InChI is InChI=1S/C12H19NO2S/c1-12(2,3)9-10-6-5-7-11(8-10)16(14,15)13-4/h5-8,13H,9H2,1-4H3. The van der Waals surface area contributed by atoms with E-state index < -0.39 is 10.0 Å². The lowest BCUT2D eigenvalue weighted by Gasteiger charge is -2.18. The number of hydrogen-bond acceptors (Lipinski definition) is 2. The minimum absolute atomic E-state index is 0.155. The molecule has 0 aliphatic rings. The van der Waals surface area contributed by atoms with Crippen molar-refractivity contribution in [2.75, 3.05) is 7.05 Å². The quantitative estimate of drug-likeness (QED) is 0.881. The van der Waals surface area contributed by atoms with Crippen molar-refractivity contribution >= 4 is 10.0 Å². The summed E-state index contributed by atoms with van der Waals surface area (Å²) in [5, 5.41) is 0. The summed E-state index contributed by atoms with van der Waals surface area (Å²) in [4.78, 5) is 0.330. The molecule has 90 valence electrons. The fourth-order valence-electron chi connectivity index (χ4n) is 1.55. The first-order valence-corrected chi connectivity index (χ1v) is 6.75. The maximum absolute atomic E-state index is 11.6. The molecule has 0 amide bonds. The second-order valence-electron chi connectivity index (χ2n) is 5.09. The topological polar surface area (TPSA) is 46.2 Å². The van der Waals surface area contributed by atoms with Gasteiger partial charge in [0.25, 0.3) is 0 Å². The van der Waals surface area contributed by atoms with Crippen LogP contribution < -0.4 is 4.72 Å². The minimum atomic E-state index is -3.33. The van der Waals surface area contributed by atoms with Gasteiger partial charge in [0.1, 0.15) is 0 Å². The smallest absolute Gasteiger partial charge is 0.214 e. The van der Waals surface area contributed by atoms with Crippen LogP contribution in [0.5, 0.6) is 0 Å². The highest BCUT2D eigenvalue weighted by atomic mass is 32.2. The second-order valence-corrected chi connectivity index (χ2v) is 6.98. The molecule has 0 fully saturated rings. The fraction of sp³-hybridized carbons (Fsp3) is 0.500. The summed E-state index contributed by atoms with van der Waals surface area (Å²) >= 11 is 0. The van der Waals surface area contributed by atoms with E-state index in [0.717, 1.165) is 12.0 Å². The molecule has 0 aromatic heterocycles. The van der Waals surface area contributed by atoms with Crippen LogP contribution in [0.15, 0.2) is 29.2 Å². The molecule has 0 unspecified atom stereocenters. The minimum Gasteiger partial charge on any atom is -0.214 e. The van der Waals surface area contributed by atoms with Crippen molar-refractivity contribution in [3.05, 3.63) is 29.8 Å². The van der Waals surface area contributed by atoms with Crippen molar-refractivity contribution in [3.63, 3.8) is 0 Å². The Hall–Kier alpha value is -0.870. The van der Waals surface area contributed by atoms with Gasteiger partial charge in [0.15, 0.2) is 0 Å². The van der Waals surface area contributed by atoms with Crippen LogP contribution in [0.4, 0.5) is 0 Å². The van der Waals surface area contributed by atoms with E-state index in [1.165, 1.54) is 7.05 Å². The highest BCUT2D eigenvalue weighted by molar-refractivity contribution is 7.89. The molecule has 0 radical (unpaired) electrons. The molecule has 4 heteroatoms. The van der Waals surface area contributed by atoms with Gasteiger partial charge in [0.2, 0.25) is 10.0 Å². The van der Waals surface area contributed by atoms with Crippen LogP contribution in [-0.4, -0.2) is 15.5 Å². The van der Waals surface area contributed by atoms with Crippen LogP contribution in [0.25, 0.3) is 0 Å². The molecule has 0 atom stereocenters. The zero-order chi connectivity index (χ0) is 12.4. The molecular weight excluding hydrogens is 222 g/mol. The van der Waals surface area contributed by atoms with E-state index in [1.54, 1.807) is 18.2 Å². The zero-order valence-electron chi connectivity index (χ0n) is 10.2. The van der Waals surface area contributed by atoms with Crippen LogP contribution >= 0.6 is 0 Å². The molecule has 16 heavy (non-hydrogen) atoms. The molecule has 0 heterocycles. The molecule has 1 aromatic rings.